The Labute approximate surface area is 202 Å². The number of aryl methyl sites for hydroxylation is 1. The molecule has 0 saturated heterocycles. The smallest absolute Gasteiger partial charge is 0.306 e. The van der Waals surface area contributed by atoms with Gasteiger partial charge in [0.2, 0.25) is 0 Å². The minimum atomic E-state index is -0.758. The molecule has 176 valence electrons. The van der Waals surface area contributed by atoms with Crippen LogP contribution in [0.3, 0.4) is 0 Å². The fraction of sp³-hybridized carbons (Fsp3) is 0.375. The van der Waals surface area contributed by atoms with Crippen LogP contribution in [0.4, 0.5) is 0 Å². The van der Waals surface area contributed by atoms with E-state index >= 15 is 0 Å². The fourth-order valence-corrected chi connectivity index (χ4v) is 4.08. The molecule has 1 fully saturated rings. The first-order chi connectivity index (χ1) is 15.7. The summed E-state index contributed by atoms with van der Waals surface area (Å²) in [6.07, 6.45) is 2.44. The maximum absolute atomic E-state index is 12.4. The van der Waals surface area contributed by atoms with E-state index in [0.717, 1.165) is 5.56 Å². The maximum atomic E-state index is 12.4. The number of hydrogen-bond donors (Lipinski definition) is 3. The van der Waals surface area contributed by atoms with Crippen molar-refractivity contribution in [2.45, 2.75) is 38.7 Å². The number of ether oxygens (including phenoxy) is 1. The number of carboxylic acids is 1. The summed E-state index contributed by atoms with van der Waals surface area (Å²) >= 11 is 12.3. The standard InChI is InChI=1S/C24H26Cl2N2O5/c1-14-12-16(4-9-20(14)25)22(29)27-10-11-28-23(30)19-8-7-18(13-21(19)26)33-17-5-2-15(3-6-17)24(31)32/h4,7-9,12-13,15,17H,2-3,5-6,10-11H2,1H3,(H,27,29)(H,28,30)(H,31,32). The van der Waals surface area contributed by atoms with Crippen molar-refractivity contribution in [3.05, 3.63) is 63.1 Å². The van der Waals surface area contributed by atoms with Gasteiger partial charge in [-0.1, -0.05) is 23.2 Å². The van der Waals surface area contributed by atoms with E-state index in [0.29, 0.717) is 47.6 Å². The number of aliphatic carboxylic acids is 1. The molecule has 33 heavy (non-hydrogen) atoms. The average Bonchev–Trinajstić information content (AvgIpc) is 2.78. The molecule has 2 aromatic rings. The average molecular weight is 493 g/mol. The molecule has 2 aromatic carbocycles. The highest BCUT2D eigenvalue weighted by molar-refractivity contribution is 6.34. The van der Waals surface area contributed by atoms with Crippen LogP contribution in [0, 0.1) is 12.8 Å². The lowest BCUT2D eigenvalue weighted by molar-refractivity contribution is -0.143. The van der Waals surface area contributed by atoms with Crippen LogP contribution in [-0.4, -0.2) is 42.1 Å². The highest BCUT2D eigenvalue weighted by Gasteiger charge is 2.27. The third kappa shape index (κ3) is 6.85. The molecule has 0 aromatic heterocycles. The van der Waals surface area contributed by atoms with Crippen LogP contribution < -0.4 is 15.4 Å². The molecule has 0 atom stereocenters. The third-order valence-corrected chi connectivity index (χ3v) is 6.36. The highest BCUT2D eigenvalue weighted by atomic mass is 35.5. The first kappa shape index (κ1) is 24.9. The van der Waals surface area contributed by atoms with Crippen molar-refractivity contribution in [1.82, 2.24) is 10.6 Å². The Kier molecular flexibility index (Phi) is 8.58. The van der Waals surface area contributed by atoms with Crippen molar-refractivity contribution in [3.63, 3.8) is 0 Å². The number of hydrogen-bond acceptors (Lipinski definition) is 4. The van der Waals surface area contributed by atoms with E-state index in [1.54, 1.807) is 36.4 Å². The molecule has 0 bridgehead atoms. The molecule has 3 N–H and O–H groups in total. The van der Waals surface area contributed by atoms with Gasteiger partial charge in [0.1, 0.15) is 5.75 Å². The molecule has 0 radical (unpaired) electrons. The summed E-state index contributed by atoms with van der Waals surface area (Å²) in [6, 6.07) is 9.87. The molecule has 2 amide bonds. The second-order valence-electron chi connectivity index (χ2n) is 8.05. The minimum Gasteiger partial charge on any atom is -0.490 e. The number of amides is 2. The number of carbonyl (C=O) groups is 3. The van der Waals surface area contributed by atoms with Crippen molar-refractivity contribution in [1.29, 1.82) is 0 Å². The van der Waals surface area contributed by atoms with Crippen molar-refractivity contribution in [2.24, 2.45) is 5.92 Å². The normalized spacial score (nSPS) is 17.8. The highest BCUT2D eigenvalue weighted by Crippen LogP contribution is 2.29. The van der Waals surface area contributed by atoms with Gasteiger partial charge in [0.05, 0.1) is 22.6 Å². The Morgan fingerprint density at radius 2 is 1.61 bits per heavy atom. The first-order valence-electron chi connectivity index (χ1n) is 10.8. The summed E-state index contributed by atoms with van der Waals surface area (Å²) in [7, 11) is 0. The zero-order valence-electron chi connectivity index (χ0n) is 18.2. The van der Waals surface area contributed by atoms with Gasteiger partial charge in [-0.25, -0.2) is 0 Å². The molecule has 9 heteroatoms. The van der Waals surface area contributed by atoms with E-state index in [-0.39, 0.29) is 41.9 Å². The lowest BCUT2D eigenvalue weighted by Gasteiger charge is -2.26. The molecule has 0 unspecified atom stereocenters. The van der Waals surface area contributed by atoms with Gasteiger partial charge in [-0.05, 0) is 74.6 Å². The molecule has 0 aliphatic heterocycles. The van der Waals surface area contributed by atoms with Gasteiger partial charge in [-0.3, -0.25) is 14.4 Å². The molecule has 3 rings (SSSR count). The van der Waals surface area contributed by atoms with Gasteiger partial charge in [0, 0.05) is 23.7 Å². The second-order valence-corrected chi connectivity index (χ2v) is 8.86. The molecule has 1 aliphatic rings. The summed E-state index contributed by atoms with van der Waals surface area (Å²) in [5, 5.41) is 15.4. The van der Waals surface area contributed by atoms with Crippen LogP contribution >= 0.6 is 23.2 Å². The van der Waals surface area contributed by atoms with E-state index in [1.807, 2.05) is 6.92 Å². The topological polar surface area (TPSA) is 105 Å². The van der Waals surface area contributed by atoms with Gasteiger partial charge in [0.15, 0.2) is 0 Å². The SMILES string of the molecule is Cc1cc(C(=O)NCCNC(=O)c2ccc(OC3CCC(C(=O)O)CC3)cc2Cl)ccc1Cl. The molecule has 1 aliphatic carbocycles. The number of carboxylic acid groups (broad SMARTS) is 1. The van der Waals surface area contributed by atoms with Crippen molar-refractivity contribution >= 4 is 41.0 Å². The van der Waals surface area contributed by atoms with Crippen molar-refractivity contribution in [2.75, 3.05) is 13.1 Å². The van der Waals surface area contributed by atoms with Crippen LogP contribution in [0.2, 0.25) is 10.0 Å². The van der Waals surface area contributed by atoms with Gasteiger partial charge in [0.25, 0.3) is 11.8 Å². The van der Waals surface area contributed by atoms with Gasteiger partial charge < -0.3 is 20.5 Å². The zero-order chi connectivity index (χ0) is 24.0. The number of carbonyl (C=O) groups excluding carboxylic acids is 2. The monoisotopic (exact) mass is 492 g/mol. The van der Waals surface area contributed by atoms with Crippen LogP contribution in [0.1, 0.15) is 52.0 Å². The number of nitrogens with one attached hydrogen (secondary N) is 2. The first-order valence-corrected chi connectivity index (χ1v) is 11.5. The Morgan fingerprint density at radius 3 is 2.21 bits per heavy atom. The Balaban J connectivity index is 1.45. The summed E-state index contributed by atoms with van der Waals surface area (Å²) in [5.41, 5.74) is 1.61. The summed E-state index contributed by atoms with van der Waals surface area (Å²) < 4.78 is 5.92. The predicted octanol–water partition coefficient (Wildman–Crippen LogP) is 4.48. The van der Waals surface area contributed by atoms with E-state index in [2.05, 4.69) is 10.6 Å². The zero-order valence-corrected chi connectivity index (χ0v) is 19.7. The number of rotatable bonds is 8. The summed E-state index contributed by atoms with van der Waals surface area (Å²) in [5.74, 6) is -1.13. The number of halogens is 2. The van der Waals surface area contributed by atoms with E-state index in [9.17, 15) is 14.4 Å². The number of benzene rings is 2. The molecule has 0 spiro atoms. The third-order valence-electron chi connectivity index (χ3n) is 5.63. The Bertz CT molecular complexity index is 1040. The molecule has 0 heterocycles. The van der Waals surface area contributed by atoms with Crippen LogP contribution in [0.5, 0.6) is 5.75 Å². The Hall–Kier alpha value is -2.77. The largest absolute Gasteiger partial charge is 0.490 e. The second kappa shape index (κ2) is 11.4. The molecular formula is C24H26Cl2N2O5. The van der Waals surface area contributed by atoms with Crippen LogP contribution in [-0.2, 0) is 4.79 Å². The lowest BCUT2D eigenvalue weighted by Crippen LogP contribution is -2.34. The minimum absolute atomic E-state index is 0.0654. The quantitative estimate of drug-likeness (QED) is 0.471. The van der Waals surface area contributed by atoms with Crippen LogP contribution in [0.25, 0.3) is 0 Å². The van der Waals surface area contributed by atoms with E-state index < -0.39 is 5.97 Å². The molecular weight excluding hydrogens is 467 g/mol. The van der Waals surface area contributed by atoms with Gasteiger partial charge in [-0.2, -0.15) is 0 Å². The van der Waals surface area contributed by atoms with E-state index in [4.69, 9.17) is 33.0 Å². The van der Waals surface area contributed by atoms with Crippen molar-refractivity contribution in [3.8, 4) is 5.75 Å². The van der Waals surface area contributed by atoms with Gasteiger partial charge >= 0.3 is 5.97 Å². The molecule has 7 nitrogen and oxygen atoms in total. The predicted molar refractivity (Wildman–Crippen MR) is 126 cm³/mol. The maximum Gasteiger partial charge on any atom is 0.306 e. The lowest BCUT2D eigenvalue weighted by atomic mass is 9.87. The molecule has 1 saturated carbocycles. The van der Waals surface area contributed by atoms with Crippen LogP contribution in [0.15, 0.2) is 36.4 Å². The summed E-state index contributed by atoms with van der Waals surface area (Å²) in [4.78, 5) is 35.7. The Morgan fingerprint density at radius 1 is 0.939 bits per heavy atom. The van der Waals surface area contributed by atoms with Gasteiger partial charge in [-0.15, -0.1) is 0 Å². The van der Waals surface area contributed by atoms with E-state index in [1.165, 1.54) is 0 Å². The fourth-order valence-electron chi connectivity index (χ4n) is 3.71. The summed E-state index contributed by atoms with van der Waals surface area (Å²) in [6.45, 7) is 2.31. The van der Waals surface area contributed by atoms with Crippen molar-refractivity contribution < 1.29 is 24.2 Å².